The summed E-state index contributed by atoms with van der Waals surface area (Å²) in [6, 6.07) is 14.0. The van der Waals surface area contributed by atoms with Crippen LogP contribution in [-0.2, 0) is 4.79 Å². The van der Waals surface area contributed by atoms with Crippen molar-refractivity contribution >= 4 is 17.4 Å². The molecular formula is C20H23NO4. The number of nitrogens with one attached hydrogen (secondary N) is 1. The summed E-state index contributed by atoms with van der Waals surface area (Å²) in [5, 5.41) is 2.81. The van der Waals surface area contributed by atoms with E-state index in [2.05, 4.69) is 5.32 Å². The first-order valence-electron chi connectivity index (χ1n) is 8.18. The topological polar surface area (TPSA) is 64.6 Å². The van der Waals surface area contributed by atoms with Crippen molar-refractivity contribution in [1.82, 2.24) is 0 Å². The second-order valence-electron chi connectivity index (χ2n) is 6.09. The Hall–Kier alpha value is -2.82. The van der Waals surface area contributed by atoms with Crippen LogP contribution in [0.2, 0.25) is 0 Å². The molecular weight excluding hydrogens is 318 g/mol. The smallest absolute Gasteiger partial charge is 0.224 e. The lowest BCUT2D eigenvalue weighted by atomic mass is 10.1. The van der Waals surface area contributed by atoms with Crippen LogP contribution >= 0.6 is 0 Å². The molecule has 0 unspecified atom stereocenters. The summed E-state index contributed by atoms with van der Waals surface area (Å²) in [6.07, 6.45) is 0.466. The van der Waals surface area contributed by atoms with Gasteiger partial charge < -0.3 is 14.8 Å². The van der Waals surface area contributed by atoms with Crippen LogP contribution in [0.1, 0.15) is 30.6 Å². The van der Waals surface area contributed by atoms with E-state index in [1.165, 1.54) is 0 Å². The maximum Gasteiger partial charge on any atom is 0.224 e. The van der Waals surface area contributed by atoms with Crippen LogP contribution in [0.5, 0.6) is 11.5 Å². The molecule has 0 heterocycles. The van der Waals surface area contributed by atoms with E-state index in [9.17, 15) is 9.59 Å². The fourth-order valence-corrected chi connectivity index (χ4v) is 2.29. The van der Waals surface area contributed by atoms with Crippen molar-refractivity contribution in [3.8, 4) is 11.5 Å². The van der Waals surface area contributed by atoms with E-state index < -0.39 is 0 Å². The van der Waals surface area contributed by atoms with Crippen molar-refractivity contribution in [3.63, 3.8) is 0 Å². The van der Waals surface area contributed by atoms with E-state index in [1.54, 1.807) is 43.5 Å². The van der Waals surface area contributed by atoms with Crippen molar-refractivity contribution in [1.29, 1.82) is 0 Å². The Bertz CT molecular complexity index is 723. The molecule has 0 atom stereocenters. The third kappa shape index (κ3) is 5.64. The lowest BCUT2D eigenvalue weighted by molar-refractivity contribution is -0.116. The Kier molecular flexibility index (Phi) is 6.57. The number of amides is 1. The van der Waals surface area contributed by atoms with E-state index in [1.807, 2.05) is 26.0 Å². The quantitative estimate of drug-likeness (QED) is 0.739. The first kappa shape index (κ1) is 18.5. The van der Waals surface area contributed by atoms with Gasteiger partial charge in [0.15, 0.2) is 23.9 Å². The van der Waals surface area contributed by atoms with Crippen molar-refractivity contribution in [3.05, 3.63) is 54.1 Å². The minimum absolute atomic E-state index is 0.0337. The molecule has 25 heavy (non-hydrogen) atoms. The zero-order chi connectivity index (χ0) is 18.2. The molecule has 0 aliphatic heterocycles. The summed E-state index contributed by atoms with van der Waals surface area (Å²) >= 11 is 0. The van der Waals surface area contributed by atoms with Gasteiger partial charge in [0.2, 0.25) is 5.91 Å². The number of carbonyl (C=O) groups excluding carboxylic acids is 2. The van der Waals surface area contributed by atoms with Gasteiger partial charge in [-0.1, -0.05) is 26.0 Å². The van der Waals surface area contributed by atoms with Crippen LogP contribution < -0.4 is 14.8 Å². The number of hydrogen-bond acceptors (Lipinski definition) is 4. The molecule has 0 saturated carbocycles. The fraction of sp³-hybridized carbons (Fsp3) is 0.300. The minimum atomic E-state index is -0.147. The third-order valence-electron chi connectivity index (χ3n) is 3.51. The van der Waals surface area contributed by atoms with Gasteiger partial charge in [0.25, 0.3) is 0 Å². The number of rotatable bonds is 8. The Morgan fingerprint density at radius 2 is 1.64 bits per heavy atom. The van der Waals surface area contributed by atoms with Gasteiger partial charge in [-0.3, -0.25) is 9.59 Å². The van der Waals surface area contributed by atoms with Crippen LogP contribution in [0, 0.1) is 5.92 Å². The van der Waals surface area contributed by atoms with Crippen LogP contribution in [0.3, 0.4) is 0 Å². The van der Waals surface area contributed by atoms with Gasteiger partial charge in [-0.15, -0.1) is 0 Å². The largest absolute Gasteiger partial charge is 0.493 e. The third-order valence-corrected chi connectivity index (χ3v) is 3.51. The van der Waals surface area contributed by atoms with E-state index in [-0.39, 0.29) is 18.3 Å². The highest BCUT2D eigenvalue weighted by Gasteiger charge is 2.10. The van der Waals surface area contributed by atoms with E-state index in [4.69, 9.17) is 9.47 Å². The first-order valence-corrected chi connectivity index (χ1v) is 8.18. The lowest BCUT2D eigenvalue weighted by Gasteiger charge is -2.10. The summed E-state index contributed by atoms with van der Waals surface area (Å²) in [4.78, 5) is 24.0. The summed E-state index contributed by atoms with van der Waals surface area (Å²) in [7, 11) is 1.55. The van der Waals surface area contributed by atoms with E-state index in [0.29, 0.717) is 35.1 Å². The van der Waals surface area contributed by atoms with Gasteiger partial charge in [-0.25, -0.2) is 0 Å². The molecule has 5 nitrogen and oxygen atoms in total. The highest BCUT2D eigenvalue weighted by atomic mass is 16.5. The molecule has 2 aromatic rings. The number of Topliss-reactive ketones (excluding diaryl/α,β-unsaturated/α-hetero) is 1. The second kappa shape index (κ2) is 8.87. The molecule has 0 spiro atoms. The second-order valence-corrected chi connectivity index (χ2v) is 6.09. The van der Waals surface area contributed by atoms with Crippen molar-refractivity contribution in [2.75, 3.05) is 19.0 Å². The number of methoxy groups -OCH3 is 1. The zero-order valence-corrected chi connectivity index (χ0v) is 14.7. The van der Waals surface area contributed by atoms with Crippen LogP contribution in [0.25, 0.3) is 0 Å². The molecule has 1 amide bonds. The molecule has 0 aromatic heterocycles. The first-order chi connectivity index (χ1) is 12.0. The molecule has 2 aromatic carbocycles. The van der Waals surface area contributed by atoms with Gasteiger partial charge in [-0.05, 0) is 42.3 Å². The Labute approximate surface area is 148 Å². The Morgan fingerprint density at radius 3 is 2.24 bits per heavy atom. The summed E-state index contributed by atoms with van der Waals surface area (Å²) in [5.41, 5.74) is 1.20. The van der Waals surface area contributed by atoms with Gasteiger partial charge in [0, 0.05) is 17.7 Å². The monoisotopic (exact) mass is 341 g/mol. The number of ether oxygens (including phenoxy) is 2. The van der Waals surface area contributed by atoms with E-state index in [0.717, 1.165) is 0 Å². The molecule has 0 bridgehead atoms. The van der Waals surface area contributed by atoms with Crippen molar-refractivity contribution in [2.45, 2.75) is 20.3 Å². The number of carbonyl (C=O) groups is 2. The average molecular weight is 341 g/mol. The van der Waals surface area contributed by atoms with Gasteiger partial charge in [0.05, 0.1) is 7.11 Å². The molecule has 0 radical (unpaired) electrons. The van der Waals surface area contributed by atoms with E-state index >= 15 is 0 Å². The molecule has 1 N–H and O–H groups in total. The van der Waals surface area contributed by atoms with Crippen molar-refractivity contribution < 1.29 is 19.1 Å². The molecule has 5 heteroatoms. The molecule has 0 aliphatic carbocycles. The molecule has 0 aliphatic rings. The molecule has 0 fully saturated rings. The summed E-state index contributed by atoms with van der Waals surface area (Å²) in [6.45, 7) is 3.89. The minimum Gasteiger partial charge on any atom is -0.493 e. The van der Waals surface area contributed by atoms with Crippen LogP contribution in [0.4, 0.5) is 5.69 Å². The number of benzene rings is 2. The number of hydrogen-bond donors (Lipinski definition) is 1. The number of anilines is 1. The van der Waals surface area contributed by atoms with Gasteiger partial charge >= 0.3 is 0 Å². The van der Waals surface area contributed by atoms with Gasteiger partial charge in [0.1, 0.15) is 0 Å². The van der Waals surface area contributed by atoms with Crippen LogP contribution in [0.15, 0.2) is 48.5 Å². The zero-order valence-electron chi connectivity index (χ0n) is 14.7. The lowest BCUT2D eigenvalue weighted by Crippen LogP contribution is -2.14. The maximum absolute atomic E-state index is 12.2. The summed E-state index contributed by atoms with van der Waals surface area (Å²) < 4.78 is 10.7. The Balaban J connectivity index is 1.93. The number of ketones is 1. The van der Waals surface area contributed by atoms with Crippen molar-refractivity contribution in [2.24, 2.45) is 5.92 Å². The summed E-state index contributed by atoms with van der Waals surface area (Å²) in [5.74, 6) is 1.22. The predicted molar refractivity (Wildman–Crippen MR) is 97.3 cm³/mol. The standard InChI is InChI=1S/C20H23NO4/c1-14(2)12-20(23)21-16-10-8-15(9-11-16)17(22)13-25-19-7-5-4-6-18(19)24-3/h4-11,14H,12-13H2,1-3H3,(H,21,23). The van der Waals surface area contributed by atoms with Crippen LogP contribution in [-0.4, -0.2) is 25.4 Å². The maximum atomic E-state index is 12.2. The normalized spacial score (nSPS) is 10.4. The SMILES string of the molecule is COc1ccccc1OCC(=O)c1ccc(NC(=O)CC(C)C)cc1. The van der Waals surface area contributed by atoms with Gasteiger partial charge in [-0.2, -0.15) is 0 Å². The molecule has 132 valence electrons. The number of para-hydroxylation sites is 2. The molecule has 0 saturated heterocycles. The highest BCUT2D eigenvalue weighted by molar-refractivity contribution is 5.98. The Morgan fingerprint density at radius 1 is 1.00 bits per heavy atom. The fourth-order valence-electron chi connectivity index (χ4n) is 2.29. The molecule has 2 rings (SSSR count). The highest BCUT2D eigenvalue weighted by Crippen LogP contribution is 2.25. The predicted octanol–water partition coefficient (Wildman–Crippen LogP) is 3.94. The average Bonchev–Trinajstić information content (AvgIpc) is 2.59.